The number of nitrogens with zero attached hydrogens (tertiary/aromatic N) is 1. The Kier molecular flexibility index (Phi) is 5.39. The molecule has 4 heteroatoms. The van der Waals surface area contributed by atoms with Gasteiger partial charge in [-0.2, -0.15) is 0 Å². The summed E-state index contributed by atoms with van der Waals surface area (Å²) < 4.78 is 0. The van der Waals surface area contributed by atoms with Crippen LogP contribution >= 0.6 is 0 Å². The molecule has 0 spiro atoms. The minimum atomic E-state index is 0.0338. The highest BCUT2D eigenvalue weighted by Gasteiger charge is 2.25. The quantitative estimate of drug-likeness (QED) is 0.889. The fourth-order valence-electron chi connectivity index (χ4n) is 3.38. The monoisotopic (exact) mass is 338 g/mol. The molecule has 1 saturated heterocycles. The lowest BCUT2D eigenvalue weighted by molar-refractivity contribution is 0.0621. The Balaban J connectivity index is 1.85. The van der Waals surface area contributed by atoms with Gasteiger partial charge in [-0.05, 0) is 61.9 Å². The van der Waals surface area contributed by atoms with Gasteiger partial charge in [0.2, 0.25) is 0 Å². The third kappa shape index (κ3) is 3.85. The van der Waals surface area contributed by atoms with E-state index >= 15 is 0 Å². The molecule has 1 heterocycles. The van der Waals surface area contributed by atoms with Gasteiger partial charge in [0.15, 0.2) is 0 Å². The van der Waals surface area contributed by atoms with Crippen molar-refractivity contribution in [2.75, 3.05) is 25.0 Å². The van der Waals surface area contributed by atoms with Crippen LogP contribution in [0.25, 0.3) is 0 Å². The first kappa shape index (κ1) is 17.5. The van der Waals surface area contributed by atoms with Gasteiger partial charge in [-0.3, -0.25) is 4.79 Å². The van der Waals surface area contributed by atoms with Gasteiger partial charge in [-0.15, -0.1) is 0 Å². The van der Waals surface area contributed by atoms with Crippen molar-refractivity contribution in [3.8, 4) is 0 Å². The second-order valence-electron chi connectivity index (χ2n) is 6.86. The molecule has 132 valence electrons. The molecule has 1 unspecified atom stereocenters. The molecule has 0 saturated carbocycles. The molecular weight excluding hydrogens is 312 g/mol. The third-order valence-corrected chi connectivity index (χ3v) is 5.10. The van der Waals surface area contributed by atoms with Crippen LogP contribution in [0.3, 0.4) is 0 Å². The van der Waals surface area contributed by atoms with Crippen molar-refractivity contribution >= 4 is 17.3 Å². The fraction of sp³-hybridized carbons (Fsp3) is 0.381. The van der Waals surface area contributed by atoms with Crippen LogP contribution in [-0.4, -0.2) is 35.6 Å². The van der Waals surface area contributed by atoms with E-state index in [1.807, 2.05) is 41.3 Å². The number of carbonyl (C=O) groups excluding carboxylic acids is 1. The average Bonchev–Trinajstić information content (AvgIpc) is 2.65. The van der Waals surface area contributed by atoms with Gasteiger partial charge >= 0.3 is 0 Å². The van der Waals surface area contributed by atoms with E-state index in [1.165, 1.54) is 11.1 Å². The van der Waals surface area contributed by atoms with Crippen molar-refractivity contribution in [1.29, 1.82) is 0 Å². The van der Waals surface area contributed by atoms with Crippen LogP contribution in [0.15, 0.2) is 42.5 Å². The van der Waals surface area contributed by atoms with Gasteiger partial charge < -0.3 is 15.3 Å². The molecule has 1 amide bonds. The minimum Gasteiger partial charge on any atom is -0.396 e. The van der Waals surface area contributed by atoms with Gasteiger partial charge in [-0.25, -0.2) is 0 Å². The highest BCUT2D eigenvalue weighted by atomic mass is 16.3. The number of aliphatic hydroxyl groups excluding tert-OH is 1. The third-order valence-electron chi connectivity index (χ3n) is 5.10. The number of nitrogens with one attached hydrogen (secondary N) is 1. The zero-order chi connectivity index (χ0) is 17.8. The number of para-hydroxylation sites is 1. The van der Waals surface area contributed by atoms with Crippen LogP contribution in [0, 0.1) is 19.8 Å². The number of hydrogen-bond acceptors (Lipinski definition) is 3. The summed E-state index contributed by atoms with van der Waals surface area (Å²) in [5, 5.41) is 12.8. The fourth-order valence-corrected chi connectivity index (χ4v) is 3.38. The molecule has 1 atom stereocenters. The van der Waals surface area contributed by atoms with Crippen LogP contribution in [0.1, 0.15) is 34.3 Å². The van der Waals surface area contributed by atoms with Gasteiger partial charge in [-0.1, -0.05) is 24.3 Å². The van der Waals surface area contributed by atoms with Crippen molar-refractivity contribution in [2.45, 2.75) is 26.7 Å². The van der Waals surface area contributed by atoms with Crippen molar-refractivity contribution in [3.63, 3.8) is 0 Å². The summed E-state index contributed by atoms with van der Waals surface area (Å²) in [6, 6.07) is 13.8. The Hall–Kier alpha value is -2.33. The molecule has 2 N–H and O–H groups in total. The Morgan fingerprint density at radius 3 is 2.72 bits per heavy atom. The summed E-state index contributed by atoms with van der Waals surface area (Å²) >= 11 is 0. The summed E-state index contributed by atoms with van der Waals surface area (Å²) in [5.74, 6) is 0.225. The molecule has 1 aliphatic heterocycles. The molecule has 4 nitrogen and oxygen atoms in total. The molecular formula is C21H26N2O2. The Morgan fingerprint density at radius 2 is 1.92 bits per heavy atom. The number of piperidine rings is 1. The second-order valence-corrected chi connectivity index (χ2v) is 6.86. The Bertz CT molecular complexity index is 757. The average molecular weight is 338 g/mol. The normalized spacial score (nSPS) is 17.4. The first-order valence-corrected chi connectivity index (χ1v) is 8.92. The van der Waals surface area contributed by atoms with E-state index in [-0.39, 0.29) is 18.4 Å². The molecule has 25 heavy (non-hydrogen) atoms. The number of amides is 1. The standard InChI is InChI=1S/C21H26N2O2/c1-15-7-5-11-19(16(15)2)22-20-10-4-3-9-18(20)21(25)23-12-6-8-17(13-23)14-24/h3-5,7,9-11,17,22,24H,6,8,12-14H2,1-2H3. The van der Waals surface area contributed by atoms with Crippen LogP contribution in [0.2, 0.25) is 0 Å². The summed E-state index contributed by atoms with van der Waals surface area (Å²) in [7, 11) is 0. The summed E-state index contributed by atoms with van der Waals surface area (Å²) in [5.41, 5.74) is 4.93. The highest BCUT2D eigenvalue weighted by Crippen LogP contribution is 2.27. The Labute approximate surface area is 149 Å². The largest absolute Gasteiger partial charge is 0.396 e. The van der Waals surface area contributed by atoms with Crippen LogP contribution < -0.4 is 5.32 Å². The molecule has 0 radical (unpaired) electrons. The van der Waals surface area contributed by atoms with Gasteiger partial charge in [0.25, 0.3) is 5.91 Å². The smallest absolute Gasteiger partial charge is 0.255 e. The van der Waals surface area contributed by atoms with E-state index in [2.05, 4.69) is 25.2 Å². The predicted octanol–water partition coefficient (Wildman–Crippen LogP) is 3.89. The molecule has 2 aromatic rings. The lowest BCUT2D eigenvalue weighted by Crippen LogP contribution is -2.41. The Morgan fingerprint density at radius 1 is 1.16 bits per heavy atom. The van der Waals surface area contributed by atoms with Gasteiger partial charge in [0, 0.05) is 25.4 Å². The summed E-state index contributed by atoms with van der Waals surface area (Å²) in [6.07, 6.45) is 1.94. The van der Waals surface area contributed by atoms with Crippen LogP contribution in [-0.2, 0) is 0 Å². The van der Waals surface area contributed by atoms with Crippen LogP contribution in [0.4, 0.5) is 11.4 Å². The van der Waals surface area contributed by atoms with Gasteiger partial charge in [0.1, 0.15) is 0 Å². The first-order valence-electron chi connectivity index (χ1n) is 8.92. The number of hydrogen-bond donors (Lipinski definition) is 2. The maximum Gasteiger partial charge on any atom is 0.255 e. The molecule has 3 rings (SSSR count). The van der Waals surface area contributed by atoms with E-state index in [0.717, 1.165) is 30.8 Å². The van der Waals surface area contributed by atoms with E-state index < -0.39 is 0 Å². The number of aryl methyl sites for hydroxylation is 1. The zero-order valence-corrected chi connectivity index (χ0v) is 15.0. The highest BCUT2D eigenvalue weighted by molar-refractivity contribution is 6.00. The van der Waals surface area contributed by atoms with E-state index in [9.17, 15) is 9.90 Å². The van der Waals surface area contributed by atoms with Crippen molar-refractivity contribution in [1.82, 2.24) is 4.90 Å². The molecule has 2 aromatic carbocycles. The molecule has 1 fully saturated rings. The summed E-state index contributed by atoms with van der Waals surface area (Å²) in [4.78, 5) is 14.9. The molecule has 0 bridgehead atoms. The van der Waals surface area contributed by atoms with Crippen molar-refractivity contribution in [2.24, 2.45) is 5.92 Å². The lowest BCUT2D eigenvalue weighted by atomic mass is 9.98. The lowest BCUT2D eigenvalue weighted by Gasteiger charge is -2.32. The number of aliphatic hydroxyl groups is 1. The molecule has 0 aliphatic carbocycles. The SMILES string of the molecule is Cc1cccc(Nc2ccccc2C(=O)N2CCCC(CO)C2)c1C. The number of benzene rings is 2. The van der Waals surface area contributed by atoms with Gasteiger partial charge in [0.05, 0.1) is 11.3 Å². The number of carbonyl (C=O) groups is 1. The van der Waals surface area contributed by atoms with Crippen molar-refractivity contribution < 1.29 is 9.90 Å². The number of anilines is 2. The predicted molar refractivity (Wildman–Crippen MR) is 101 cm³/mol. The van der Waals surface area contributed by atoms with E-state index in [0.29, 0.717) is 12.1 Å². The van der Waals surface area contributed by atoms with E-state index in [1.54, 1.807) is 0 Å². The van der Waals surface area contributed by atoms with Crippen LogP contribution in [0.5, 0.6) is 0 Å². The number of likely N-dealkylation sites (tertiary alicyclic amines) is 1. The van der Waals surface area contributed by atoms with Crippen molar-refractivity contribution in [3.05, 3.63) is 59.2 Å². The summed E-state index contributed by atoms with van der Waals surface area (Å²) in [6.45, 7) is 5.70. The van der Waals surface area contributed by atoms with E-state index in [4.69, 9.17) is 0 Å². The maximum atomic E-state index is 13.0. The molecule has 1 aliphatic rings. The topological polar surface area (TPSA) is 52.6 Å². The minimum absolute atomic E-state index is 0.0338. The second kappa shape index (κ2) is 7.70. The maximum absolute atomic E-state index is 13.0. The first-order chi connectivity index (χ1) is 12.1. The molecule has 0 aromatic heterocycles. The number of rotatable bonds is 4. The zero-order valence-electron chi connectivity index (χ0n) is 15.0.